The third kappa shape index (κ3) is 5.84. The molecule has 0 fully saturated rings. The van der Waals surface area contributed by atoms with Gasteiger partial charge < -0.3 is 25.2 Å². The highest BCUT2D eigenvalue weighted by Gasteiger charge is 2.17. The molecule has 0 aliphatic rings. The van der Waals surface area contributed by atoms with Crippen molar-refractivity contribution in [2.24, 2.45) is 0 Å². The second-order valence-corrected chi connectivity index (χ2v) is 8.65. The number of hydrogen-bond donors (Lipinski definition) is 3. The van der Waals surface area contributed by atoms with Crippen LogP contribution in [0.25, 0.3) is 22.3 Å². The first-order valence-electron chi connectivity index (χ1n) is 11.5. The van der Waals surface area contributed by atoms with E-state index in [0.29, 0.717) is 39.4 Å². The molecule has 37 heavy (non-hydrogen) atoms. The van der Waals surface area contributed by atoms with Crippen molar-refractivity contribution < 1.29 is 13.9 Å². The number of amides is 1. The molecule has 0 radical (unpaired) electrons. The van der Waals surface area contributed by atoms with Crippen LogP contribution in [0, 0.1) is 5.82 Å². The van der Waals surface area contributed by atoms with Crippen LogP contribution in [0.5, 0.6) is 5.75 Å². The average Bonchev–Trinajstić information content (AvgIpc) is 3.30. The Labute approximate surface area is 214 Å². The second kappa shape index (κ2) is 11.0. The predicted molar refractivity (Wildman–Crippen MR) is 144 cm³/mol. The van der Waals surface area contributed by atoms with Crippen molar-refractivity contribution in [1.82, 2.24) is 25.1 Å². The van der Waals surface area contributed by atoms with Gasteiger partial charge in [-0.2, -0.15) is 5.10 Å². The average molecular weight is 505 g/mol. The molecule has 0 aliphatic heterocycles. The van der Waals surface area contributed by atoms with E-state index in [2.05, 4.69) is 42.3 Å². The lowest BCUT2D eigenvalue weighted by atomic mass is 10.1. The standard InChI is InChI=1S/C26H29FN8O2/c1-6-23(36)29-18-13-19(22(37-5)14-21(18)35(4)11-10-34(2)3)30-26-28-15-20-25(31-26)24(33-32-20)16-8-7-9-17(27)12-16/h6-9,12-15H,1,10-11H2,2-5H3,(H,29,36)(H,32,33)(H,28,30,31). The number of hydrogen-bond acceptors (Lipinski definition) is 8. The number of anilines is 4. The van der Waals surface area contributed by atoms with E-state index >= 15 is 0 Å². The summed E-state index contributed by atoms with van der Waals surface area (Å²) in [5.74, 6) is 0.105. The lowest BCUT2D eigenvalue weighted by molar-refractivity contribution is -0.111. The largest absolute Gasteiger partial charge is 0.494 e. The molecule has 0 aliphatic carbocycles. The Hall–Kier alpha value is -4.51. The van der Waals surface area contributed by atoms with Gasteiger partial charge in [0, 0.05) is 31.8 Å². The number of carbonyl (C=O) groups is 1. The van der Waals surface area contributed by atoms with Gasteiger partial charge in [0.25, 0.3) is 0 Å². The molecular weight excluding hydrogens is 475 g/mol. The topological polar surface area (TPSA) is 111 Å². The third-order valence-electron chi connectivity index (χ3n) is 5.70. The van der Waals surface area contributed by atoms with Gasteiger partial charge in [-0.25, -0.2) is 14.4 Å². The molecule has 0 unspecified atom stereocenters. The fourth-order valence-corrected chi connectivity index (χ4v) is 3.74. The summed E-state index contributed by atoms with van der Waals surface area (Å²) in [7, 11) is 7.50. The summed E-state index contributed by atoms with van der Waals surface area (Å²) >= 11 is 0. The summed E-state index contributed by atoms with van der Waals surface area (Å²) in [6.07, 6.45) is 2.81. The first-order valence-corrected chi connectivity index (χ1v) is 11.5. The Balaban J connectivity index is 1.72. The maximum Gasteiger partial charge on any atom is 0.247 e. The van der Waals surface area contributed by atoms with Crippen LogP contribution >= 0.6 is 0 Å². The van der Waals surface area contributed by atoms with Crippen molar-refractivity contribution >= 4 is 40.0 Å². The minimum atomic E-state index is -0.365. The van der Waals surface area contributed by atoms with Crippen LogP contribution in [0.2, 0.25) is 0 Å². The van der Waals surface area contributed by atoms with Gasteiger partial charge in [-0.15, -0.1) is 0 Å². The quantitative estimate of drug-likeness (QED) is 0.278. The minimum Gasteiger partial charge on any atom is -0.494 e. The number of ether oxygens (including phenoxy) is 1. The Kier molecular flexibility index (Phi) is 7.63. The van der Waals surface area contributed by atoms with Crippen molar-refractivity contribution in [1.29, 1.82) is 0 Å². The van der Waals surface area contributed by atoms with E-state index in [0.717, 1.165) is 18.8 Å². The van der Waals surface area contributed by atoms with Crippen LogP contribution in [0.1, 0.15) is 0 Å². The smallest absolute Gasteiger partial charge is 0.247 e. The number of rotatable bonds is 10. The fourth-order valence-electron chi connectivity index (χ4n) is 3.74. The molecule has 0 saturated heterocycles. The van der Waals surface area contributed by atoms with Crippen LogP contribution in [0.3, 0.4) is 0 Å². The Morgan fingerprint density at radius 2 is 2.00 bits per heavy atom. The zero-order valence-electron chi connectivity index (χ0n) is 21.2. The lowest BCUT2D eigenvalue weighted by Crippen LogP contribution is -2.29. The molecule has 0 saturated carbocycles. The van der Waals surface area contributed by atoms with Crippen LogP contribution in [0.15, 0.2) is 55.3 Å². The fraction of sp³-hybridized carbons (Fsp3) is 0.231. The first-order chi connectivity index (χ1) is 17.8. The van der Waals surface area contributed by atoms with Crippen LogP contribution in [-0.2, 0) is 4.79 Å². The maximum absolute atomic E-state index is 13.8. The molecule has 0 bridgehead atoms. The van der Waals surface area contributed by atoms with Crippen molar-refractivity contribution in [2.75, 3.05) is 56.9 Å². The number of H-pyrrole nitrogens is 1. The molecule has 4 rings (SSSR count). The second-order valence-electron chi connectivity index (χ2n) is 8.65. The third-order valence-corrected chi connectivity index (χ3v) is 5.70. The van der Waals surface area contributed by atoms with Crippen molar-refractivity contribution in [2.45, 2.75) is 0 Å². The number of aromatic nitrogens is 4. The molecule has 0 atom stereocenters. The zero-order chi connectivity index (χ0) is 26.5. The summed E-state index contributed by atoms with van der Waals surface area (Å²) in [5, 5.41) is 13.2. The number of nitrogens with one attached hydrogen (secondary N) is 3. The molecule has 4 aromatic rings. The monoisotopic (exact) mass is 504 g/mol. The molecule has 11 heteroatoms. The van der Waals surface area contributed by atoms with E-state index in [4.69, 9.17) is 4.74 Å². The predicted octanol–water partition coefficient (Wildman–Crippen LogP) is 4.03. The van der Waals surface area contributed by atoms with Crippen molar-refractivity contribution in [3.05, 3.63) is 61.1 Å². The highest BCUT2D eigenvalue weighted by molar-refractivity contribution is 6.02. The Morgan fingerprint density at radius 3 is 2.70 bits per heavy atom. The van der Waals surface area contributed by atoms with Crippen LogP contribution in [0.4, 0.5) is 27.4 Å². The van der Waals surface area contributed by atoms with Crippen molar-refractivity contribution in [3.63, 3.8) is 0 Å². The van der Waals surface area contributed by atoms with E-state index in [-0.39, 0.29) is 17.7 Å². The van der Waals surface area contributed by atoms with Gasteiger partial charge in [-0.3, -0.25) is 9.89 Å². The van der Waals surface area contributed by atoms with E-state index in [1.165, 1.54) is 18.2 Å². The number of halogens is 1. The highest BCUT2D eigenvalue weighted by Crippen LogP contribution is 2.38. The maximum atomic E-state index is 13.8. The summed E-state index contributed by atoms with van der Waals surface area (Å²) < 4.78 is 19.5. The molecule has 192 valence electrons. The van der Waals surface area contributed by atoms with E-state index < -0.39 is 0 Å². The molecular formula is C26H29FN8O2. The number of benzene rings is 2. The summed E-state index contributed by atoms with van der Waals surface area (Å²) in [5.41, 5.74) is 4.12. The zero-order valence-corrected chi connectivity index (χ0v) is 21.2. The van der Waals surface area contributed by atoms with E-state index in [1.807, 2.05) is 32.1 Å². The normalized spacial score (nSPS) is 11.0. The lowest BCUT2D eigenvalue weighted by Gasteiger charge is -2.25. The molecule has 10 nitrogen and oxygen atoms in total. The Morgan fingerprint density at radius 1 is 1.19 bits per heavy atom. The first kappa shape index (κ1) is 25.6. The SMILES string of the molecule is C=CC(=O)Nc1cc(Nc2ncc3[nH]nc(-c4cccc(F)c4)c3n2)c(OC)cc1N(C)CCN(C)C. The van der Waals surface area contributed by atoms with Gasteiger partial charge in [0.1, 0.15) is 28.3 Å². The van der Waals surface area contributed by atoms with Gasteiger partial charge in [0.2, 0.25) is 11.9 Å². The highest BCUT2D eigenvalue weighted by atomic mass is 19.1. The van der Waals surface area contributed by atoms with Gasteiger partial charge in [0.05, 0.1) is 30.4 Å². The van der Waals surface area contributed by atoms with Gasteiger partial charge in [-0.1, -0.05) is 18.7 Å². The van der Waals surface area contributed by atoms with Gasteiger partial charge in [-0.05, 0) is 38.4 Å². The van der Waals surface area contributed by atoms with E-state index in [9.17, 15) is 9.18 Å². The van der Waals surface area contributed by atoms with Crippen LogP contribution < -0.4 is 20.3 Å². The molecule has 2 aromatic carbocycles. The number of nitrogens with zero attached hydrogens (tertiary/aromatic N) is 5. The molecule has 0 spiro atoms. The van der Waals surface area contributed by atoms with Crippen LogP contribution in [-0.4, -0.2) is 72.3 Å². The van der Waals surface area contributed by atoms with Gasteiger partial charge >= 0.3 is 0 Å². The van der Waals surface area contributed by atoms with Crippen molar-refractivity contribution in [3.8, 4) is 17.0 Å². The van der Waals surface area contributed by atoms with Gasteiger partial charge in [0.15, 0.2) is 0 Å². The summed E-state index contributed by atoms with van der Waals surface area (Å²) in [6, 6.07) is 9.75. The summed E-state index contributed by atoms with van der Waals surface area (Å²) in [6.45, 7) is 5.10. The molecule has 3 N–H and O–H groups in total. The number of aromatic amines is 1. The molecule has 1 amide bonds. The number of fused-ring (bicyclic) bond motifs is 1. The van der Waals surface area contributed by atoms with E-state index in [1.54, 1.807) is 31.5 Å². The minimum absolute atomic E-state index is 0.277. The number of methoxy groups -OCH3 is 1. The Bertz CT molecular complexity index is 1440. The molecule has 2 heterocycles. The molecule has 2 aromatic heterocycles. The number of likely N-dealkylation sites (N-methyl/N-ethyl adjacent to an activating group) is 2. The summed E-state index contributed by atoms with van der Waals surface area (Å²) in [4.78, 5) is 25.3. The number of carbonyl (C=O) groups excluding carboxylic acids is 1.